The van der Waals surface area contributed by atoms with Gasteiger partial charge >= 0.3 is 0 Å². The van der Waals surface area contributed by atoms with Gasteiger partial charge in [0.2, 0.25) is 0 Å². The van der Waals surface area contributed by atoms with Crippen LogP contribution in [-0.2, 0) is 0 Å². The van der Waals surface area contributed by atoms with Crippen LogP contribution < -0.4 is 5.32 Å². The van der Waals surface area contributed by atoms with Gasteiger partial charge in [-0.05, 0) is 28.8 Å². The van der Waals surface area contributed by atoms with E-state index < -0.39 is 0 Å². The van der Waals surface area contributed by atoms with Crippen LogP contribution in [0.25, 0.3) is 0 Å². The van der Waals surface area contributed by atoms with Gasteiger partial charge < -0.3 is 10.4 Å². The molecule has 84 valence electrons. The molecule has 0 aliphatic heterocycles. The zero-order valence-electron chi connectivity index (χ0n) is 8.45. The Labute approximate surface area is 102 Å². The quantitative estimate of drug-likeness (QED) is 0.900. The Morgan fingerprint density at radius 1 is 1.53 bits per heavy atom. The molecular formula is C10H15BrN2OS. The summed E-state index contributed by atoms with van der Waals surface area (Å²) in [7, 11) is 0. The second kappa shape index (κ2) is 5.27. The molecule has 0 bridgehead atoms. The van der Waals surface area contributed by atoms with Crippen LogP contribution >= 0.6 is 27.3 Å². The summed E-state index contributed by atoms with van der Waals surface area (Å²) in [6.45, 7) is 0.834. The third-order valence-electron chi connectivity index (χ3n) is 2.86. The Morgan fingerprint density at radius 3 is 3.00 bits per heavy atom. The standard InChI is InChI=1S/C10H15BrN2OS/c11-9-6-15-10(13-9)12-5-7-3-1-2-4-8(7)14/h6-8,14H,1-5H2,(H,12,13). The first-order chi connectivity index (χ1) is 7.25. The molecule has 2 rings (SSSR count). The van der Waals surface area contributed by atoms with Gasteiger partial charge in [0.05, 0.1) is 6.10 Å². The third-order valence-corrected chi connectivity index (χ3v) is 4.37. The normalized spacial score (nSPS) is 26.5. The molecule has 1 saturated carbocycles. The van der Waals surface area contributed by atoms with Gasteiger partial charge in [-0.2, -0.15) is 0 Å². The molecule has 15 heavy (non-hydrogen) atoms. The topological polar surface area (TPSA) is 45.1 Å². The molecule has 1 aliphatic carbocycles. The summed E-state index contributed by atoms with van der Waals surface area (Å²) in [6.07, 6.45) is 4.36. The average Bonchev–Trinajstić information content (AvgIpc) is 2.63. The van der Waals surface area contributed by atoms with Crippen LogP contribution in [-0.4, -0.2) is 22.7 Å². The summed E-state index contributed by atoms with van der Waals surface area (Å²) >= 11 is 4.91. The lowest BCUT2D eigenvalue weighted by molar-refractivity contribution is 0.0763. The summed E-state index contributed by atoms with van der Waals surface area (Å²) in [5, 5.41) is 16.0. The number of hydrogen-bond acceptors (Lipinski definition) is 4. The Bertz CT molecular complexity index is 318. The summed E-state index contributed by atoms with van der Waals surface area (Å²) in [5.74, 6) is 0.390. The Balaban J connectivity index is 1.81. The fourth-order valence-corrected chi connectivity index (χ4v) is 3.13. The minimum atomic E-state index is -0.130. The van der Waals surface area contributed by atoms with Gasteiger partial charge in [0.1, 0.15) is 4.60 Å². The SMILES string of the molecule is OC1CCCCC1CNc1nc(Br)cs1. The van der Waals surface area contributed by atoms with E-state index >= 15 is 0 Å². The zero-order valence-corrected chi connectivity index (χ0v) is 10.9. The van der Waals surface area contributed by atoms with E-state index in [1.54, 1.807) is 11.3 Å². The van der Waals surface area contributed by atoms with Crippen LogP contribution in [0.1, 0.15) is 25.7 Å². The van der Waals surface area contributed by atoms with Gasteiger partial charge in [-0.15, -0.1) is 11.3 Å². The molecule has 1 aliphatic rings. The number of anilines is 1. The summed E-state index contributed by atoms with van der Waals surface area (Å²) in [6, 6.07) is 0. The Hall–Kier alpha value is -0.130. The molecule has 0 spiro atoms. The maximum Gasteiger partial charge on any atom is 0.183 e. The number of thiazole rings is 1. The van der Waals surface area contributed by atoms with Crippen LogP contribution in [0.2, 0.25) is 0 Å². The van der Waals surface area contributed by atoms with Gasteiger partial charge in [-0.25, -0.2) is 4.98 Å². The molecule has 0 amide bonds. The maximum absolute atomic E-state index is 9.79. The Morgan fingerprint density at radius 2 is 2.33 bits per heavy atom. The molecule has 1 heterocycles. The first-order valence-corrected chi connectivity index (χ1v) is 6.96. The highest BCUT2D eigenvalue weighted by Crippen LogP contribution is 2.26. The summed E-state index contributed by atoms with van der Waals surface area (Å²) in [4.78, 5) is 4.26. The van der Waals surface area contributed by atoms with E-state index in [1.165, 1.54) is 12.8 Å². The first-order valence-electron chi connectivity index (χ1n) is 5.28. The van der Waals surface area contributed by atoms with Crippen LogP contribution in [0.15, 0.2) is 9.98 Å². The van der Waals surface area contributed by atoms with Crippen LogP contribution in [0.3, 0.4) is 0 Å². The second-order valence-electron chi connectivity index (χ2n) is 3.97. The lowest BCUT2D eigenvalue weighted by atomic mass is 9.86. The summed E-state index contributed by atoms with van der Waals surface area (Å²) < 4.78 is 0.874. The molecule has 1 fully saturated rings. The van der Waals surface area contributed by atoms with E-state index in [0.29, 0.717) is 5.92 Å². The van der Waals surface area contributed by atoms with E-state index in [9.17, 15) is 5.11 Å². The molecule has 5 heteroatoms. The van der Waals surface area contributed by atoms with E-state index in [1.807, 2.05) is 5.38 Å². The fraction of sp³-hybridized carbons (Fsp3) is 0.700. The van der Waals surface area contributed by atoms with Gasteiger partial charge in [0, 0.05) is 17.8 Å². The minimum Gasteiger partial charge on any atom is -0.393 e. The van der Waals surface area contributed by atoms with Crippen molar-refractivity contribution >= 4 is 32.4 Å². The monoisotopic (exact) mass is 290 g/mol. The number of halogens is 1. The Kier molecular flexibility index (Phi) is 3.99. The molecule has 1 aromatic heterocycles. The average molecular weight is 291 g/mol. The fourth-order valence-electron chi connectivity index (χ4n) is 1.98. The van der Waals surface area contributed by atoms with E-state index in [-0.39, 0.29) is 6.10 Å². The molecular weight excluding hydrogens is 276 g/mol. The lowest BCUT2D eigenvalue weighted by Gasteiger charge is -2.27. The van der Waals surface area contributed by atoms with Crippen molar-refractivity contribution in [1.29, 1.82) is 0 Å². The number of aliphatic hydroxyl groups excluding tert-OH is 1. The van der Waals surface area contributed by atoms with Crippen molar-refractivity contribution in [2.24, 2.45) is 5.92 Å². The van der Waals surface area contributed by atoms with E-state index in [2.05, 4.69) is 26.2 Å². The predicted octanol–water partition coefficient (Wildman–Crippen LogP) is 2.87. The highest BCUT2D eigenvalue weighted by atomic mass is 79.9. The third kappa shape index (κ3) is 3.16. The number of nitrogens with zero attached hydrogens (tertiary/aromatic N) is 1. The maximum atomic E-state index is 9.79. The molecule has 2 atom stereocenters. The number of aromatic nitrogens is 1. The second-order valence-corrected chi connectivity index (χ2v) is 5.64. The van der Waals surface area contributed by atoms with Crippen molar-refractivity contribution in [3.05, 3.63) is 9.98 Å². The number of aliphatic hydroxyl groups is 1. The number of nitrogens with one attached hydrogen (secondary N) is 1. The molecule has 3 nitrogen and oxygen atoms in total. The van der Waals surface area contributed by atoms with Crippen molar-refractivity contribution in [2.75, 3.05) is 11.9 Å². The smallest absolute Gasteiger partial charge is 0.183 e. The predicted molar refractivity (Wildman–Crippen MR) is 66.3 cm³/mol. The molecule has 2 unspecified atom stereocenters. The minimum absolute atomic E-state index is 0.130. The number of hydrogen-bond donors (Lipinski definition) is 2. The number of rotatable bonds is 3. The van der Waals surface area contributed by atoms with Crippen molar-refractivity contribution < 1.29 is 5.11 Å². The van der Waals surface area contributed by atoms with Crippen molar-refractivity contribution in [3.63, 3.8) is 0 Å². The van der Waals surface area contributed by atoms with E-state index in [4.69, 9.17) is 0 Å². The van der Waals surface area contributed by atoms with Gasteiger partial charge in [0.25, 0.3) is 0 Å². The first kappa shape index (κ1) is 11.4. The van der Waals surface area contributed by atoms with Crippen LogP contribution in [0.4, 0.5) is 5.13 Å². The largest absolute Gasteiger partial charge is 0.393 e. The van der Waals surface area contributed by atoms with Crippen molar-refractivity contribution in [3.8, 4) is 0 Å². The highest BCUT2D eigenvalue weighted by molar-refractivity contribution is 9.10. The lowest BCUT2D eigenvalue weighted by Crippen LogP contribution is -2.30. The molecule has 0 radical (unpaired) electrons. The highest BCUT2D eigenvalue weighted by Gasteiger charge is 2.22. The summed E-state index contributed by atoms with van der Waals surface area (Å²) in [5.41, 5.74) is 0. The van der Waals surface area contributed by atoms with E-state index in [0.717, 1.165) is 29.1 Å². The van der Waals surface area contributed by atoms with Crippen LogP contribution in [0, 0.1) is 5.92 Å². The molecule has 1 aromatic rings. The van der Waals surface area contributed by atoms with Crippen molar-refractivity contribution in [1.82, 2.24) is 4.98 Å². The van der Waals surface area contributed by atoms with Crippen LogP contribution in [0.5, 0.6) is 0 Å². The van der Waals surface area contributed by atoms with Crippen molar-refractivity contribution in [2.45, 2.75) is 31.8 Å². The molecule has 0 aromatic carbocycles. The molecule has 0 saturated heterocycles. The zero-order chi connectivity index (χ0) is 10.7. The molecule has 2 N–H and O–H groups in total. The van der Waals surface area contributed by atoms with Gasteiger partial charge in [0.15, 0.2) is 5.13 Å². The van der Waals surface area contributed by atoms with Gasteiger partial charge in [-0.3, -0.25) is 0 Å². The van der Waals surface area contributed by atoms with Gasteiger partial charge in [-0.1, -0.05) is 12.8 Å².